The van der Waals surface area contributed by atoms with Crippen molar-refractivity contribution in [2.24, 2.45) is 5.10 Å². The number of ether oxygens (including phenoxy) is 2. The lowest BCUT2D eigenvalue weighted by molar-refractivity contribution is -0.145. The van der Waals surface area contributed by atoms with Crippen molar-refractivity contribution < 1.29 is 19.1 Å². The minimum Gasteiger partial charge on any atom is -0.479 e. The highest BCUT2D eigenvalue weighted by atomic mass is 35.5. The summed E-state index contributed by atoms with van der Waals surface area (Å²) in [4.78, 5) is 26.0. The normalized spacial score (nSPS) is 13.5. The van der Waals surface area contributed by atoms with E-state index in [9.17, 15) is 9.59 Å². The minimum absolute atomic E-state index is 0.177. The number of hydrogen-bond donors (Lipinski definition) is 1. The summed E-state index contributed by atoms with van der Waals surface area (Å²) in [6.07, 6.45) is 3.82. The average Bonchev–Trinajstić information content (AvgIpc) is 3.28. The third kappa shape index (κ3) is 6.35. The maximum atomic E-state index is 12.3. The predicted octanol–water partition coefficient (Wildman–Crippen LogP) is 4.30. The van der Waals surface area contributed by atoms with Crippen LogP contribution in [0, 0.1) is 0 Å². The molecule has 0 bridgehead atoms. The fraction of sp³-hybridized carbons (Fsp3) is 0.318. The Hall–Kier alpha value is -2.77. The first-order valence-corrected chi connectivity index (χ1v) is 10.7. The van der Waals surface area contributed by atoms with Gasteiger partial charge in [-0.25, -0.2) is 10.2 Å². The Labute approximate surface area is 190 Å². The molecule has 1 amide bonds. The highest BCUT2D eigenvalue weighted by molar-refractivity contribution is 6.37. The van der Waals surface area contributed by atoms with Gasteiger partial charge in [-0.1, -0.05) is 23.2 Å². The Bertz CT molecular complexity index is 935. The van der Waals surface area contributed by atoms with E-state index in [1.807, 2.05) is 12.1 Å². The largest absolute Gasteiger partial charge is 0.479 e. The topological polar surface area (TPSA) is 80.2 Å². The van der Waals surface area contributed by atoms with E-state index in [2.05, 4.69) is 15.4 Å². The molecule has 0 radical (unpaired) electrons. The first-order chi connectivity index (χ1) is 15.0. The Morgan fingerprint density at radius 1 is 1.13 bits per heavy atom. The molecule has 9 heteroatoms. The molecule has 0 aromatic heterocycles. The van der Waals surface area contributed by atoms with Crippen LogP contribution in [0.25, 0.3) is 0 Å². The van der Waals surface area contributed by atoms with E-state index in [4.69, 9.17) is 32.7 Å². The van der Waals surface area contributed by atoms with E-state index < -0.39 is 5.97 Å². The van der Waals surface area contributed by atoms with Gasteiger partial charge in [0, 0.05) is 24.3 Å². The molecule has 1 N–H and O–H groups in total. The summed E-state index contributed by atoms with van der Waals surface area (Å²) >= 11 is 12.4. The lowest BCUT2D eigenvalue weighted by Crippen LogP contribution is -2.19. The van der Waals surface area contributed by atoms with E-state index >= 15 is 0 Å². The van der Waals surface area contributed by atoms with Crippen molar-refractivity contribution in [2.75, 3.05) is 31.2 Å². The van der Waals surface area contributed by atoms with Crippen LogP contribution in [0.3, 0.4) is 0 Å². The highest BCUT2D eigenvalue weighted by Gasteiger charge is 2.14. The van der Waals surface area contributed by atoms with Gasteiger partial charge >= 0.3 is 5.97 Å². The standard InChI is InChI=1S/C22H23Cl2N3O4/c1-2-30-20(28)14-31-21-18(23)11-15(12-19(21)24)13-25-26-22(29)16-5-7-17(8-6-16)27-9-3-4-10-27/h5-8,11-13H,2-4,9-10,14H2,1H3,(H,26,29)/b25-13-. The van der Waals surface area contributed by atoms with Gasteiger partial charge in [-0.15, -0.1) is 0 Å². The Morgan fingerprint density at radius 2 is 1.77 bits per heavy atom. The van der Waals surface area contributed by atoms with Gasteiger partial charge in [-0.2, -0.15) is 5.10 Å². The third-order valence-corrected chi connectivity index (χ3v) is 5.20. The van der Waals surface area contributed by atoms with Crippen molar-refractivity contribution in [3.8, 4) is 5.75 Å². The van der Waals surface area contributed by atoms with Crippen LogP contribution in [0.1, 0.15) is 35.7 Å². The molecule has 1 saturated heterocycles. The number of esters is 1. The molecular formula is C22H23Cl2N3O4. The Morgan fingerprint density at radius 3 is 2.39 bits per heavy atom. The Balaban J connectivity index is 1.57. The molecule has 2 aromatic carbocycles. The highest BCUT2D eigenvalue weighted by Crippen LogP contribution is 2.33. The van der Waals surface area contributed by atoms with Crippen molar-refractivity contribution in [3.63, 3.8) is 0 Å². The van der Waals surface area contributed by atoms with Gasteiger partial charge in [-0.3, -0.25) is 4.79 Å². The van der Waals surface area contributed by atoms with Crippen molar-refractivity contribution in [3.05, 3.63) is 57.6 Å². The molecule has 0 atom stereocenters. The van der Waals surface area contributed by atoms with Gasteiger partial charge in [-0.05, 0) is 61.7 Å². The smallest absolute Gasteiger partial charge is 0.344 e. The van der Waals surface area contributed by atoms with Crippen LogP contribution in [-0.4, -0.2) is 44.4 Å². The zero-order chi connectivity index (χ0) is 22.2. The maximum Gasteiger partial charge on any atom is 0.344 e. The predicted molar refractivity (Wildman–Crippen MR) is 122 cm³/mol. The number of carbonyl (C=O) groups excluding carboxylic acids is 2. The zero-order valence-corrected chi connectivity index (χ0v) is 18.6. The fourth-order valence-electron chi connectivity index (χ4n) is 3.15. The second-order valence-electron chi connectivity index (χ2n) is 6.85. The number of nitrogens with zero attached hydrogens (tertiary/aromatic N) is 2. The number of rotatable bonds is 8. The minimum atomic E-state index is -0.517. The first-order valence-electron chi connectivity index (χ1n) is 9.94. The summed E-state index contributed by atoms with van der Waals surface area (Å²) in [5, 5.41) is 4.38. The quantitative estimate of drug-likeness (QED) is 0.358. The molecule has 164 valence electrons. The number of hydrazone groups is 1. The van der Waals surface area contributed by atoms with E-state index in [0.717, 1.165) is 18.8 Å². The SMILES string of the molecule is CCOC(=O)COc1c(Cl)cc(/C=N\NC(=O)c2ccc(N3CCCC3)cc2)cc1Cl. The monoisotopic (exact) mass is 463 g/mol. The van der Waals surface area contributed by atoms with Crippen molar-refractivity contribution in [1.82, 2.24) is 5.43 Å². The molecule has 1 aliphatic rings. The summed E-state index contributed by atoms with van der Waals surface area (Å²) in [6.45, 7) is 3.76. The average molecular weight is 464 g/mol. The van der Waals surface area contributed by atoms with Gasteiger partial charge in [0.05, 0.1) is 22.9 Å². The summed E-state index contributed by atoms with van der Waals surface area (Å²) < 4.78 is 10.1. The number of carbonyl (C=O) groups is 2. The van der Waals surface area contributed by atoms with Crippen LogP contribution in [0.2, 0.25) is 10.0 Å². The van der Waals surface area contributed by atoms with Crippen LogP contribution in [0.4, 0.5) is 5.69 Å². The van der Waals surface area contributed by atoms with Gasteiger partial charge in [0.15, 0.2) is 12.4 Å². The van der Waals surface area contributed by atoms with Crippen molar-refractivity contribution in [2.45, 2.75) is 19.8 Å². The molecule has 0 saturated carbocycles. The lowest BCUT2D eigenvalue weighted by Gasteiger charge is -2.17. The molecule has 3 rings (SSSR count). The van der Waals surface area contributed by atoms with E-state index in [1.165, 1.54) is 19.1 Å². The number of benzene rings is 2. The summed E-state index contributed by atoms with van der Waals surface area (Å²) in [5.74, 6) is -0.664. The van der Waals surface area contributed by atoms with Gasteiger partial charge in [0.2, 0.25) is 0 Å². The molecule has 7 nitrogen and oxygen atoms in total. The van der Waals surface area contributed by atoms with E-state index in [-0.39, 0.29) is 34.9 Å². The molecule has 31 heavy (non-hydrogen) atoms. The molecular weight excluding hydrogens is 441 g/mol. The van der Waals surface area contributed by atoms with Crippen LogP contribution >= 0.6 is 23.2 Å². The number of hydrogen-bond acceptors (Lipinski definition) is 6. The maximum absolute atomic E-state index is 12.3. The number of nitrogens with one attached hydrogen (secondary N) is 1. The number of halogens is 2. The zero-order valence-electron chi connectivity index (χ0n) is 17.1. The van der Waals surface area contributed by atoms with E-state index in [0.29, 0.717) is 11.1 Å². The molecule has 0 aliphatic carbocycles. The van der Waals surface area contributed by atoms with Gasteiger partial charge < -0.3 is 14.4 Å². The lowest BCUT2D eigenvalue weighted by atomic mass is 10.2. The molecule has 0 unspecified atom stereocenters. The second-order valence-corrected chi connectivity index (χ2v) is 7.66. The van der Waals surface area contributed by atoms with Crippen molar-refractivity contribution >= 4 is 47.0 Å². The van der Waals surface area contributed by atoms with Crippen LogP contribution in [0.5, 0.6) is 5.75 Å². The van der Waals surface area contributed by atoms with Gasteiger partial charge in [0.25, 0.3) is 5.91 Å². The summed E-state index contributed by atoms with van der Waals surface area (Å²) in [7, 11) is 0. The first kappa shape index (κ1) is 22.9. The van der Waals surface area contributed by atoms with Crippen LogP contribution in [-0.2, 0) is 9.53 Å². The molecule has 0 spiro atoms. The van der Waals surface area contributed by atoms with Crippen molar-refractivity contribution in [1.29, 1.82) is 0 Å². The number of anilines is 1. The fourth-order valence-corrected chi connectivity index (χ4v) is 3.77. The second kappa shape index (κ2) is 11.0. The van der Waals surface area contributed by atoms with Crippen LogP contribution in [0.15, 0.2) is 41.5 Å². The molecule has 1 heterocycles. The third-order valence-electron chi connectivity index (χ3n) is 4.64. The van der Waals surface area contributed by atoms with Gasteiger partial charge in [0.1, 0.15) is 0 Å². The number of amides is 1. The molecule has 2 aromatic rings. The van der Waals surface area contributed by atoms with Crippen LogP contribution < -0.4 is 15.1 Å². The summed E-state index contributed by atoms with van der Waals surface area (Å²) in [5.41, 5.74) is 4.67. The summed E-state index contributed by atoms with van der Waals surface area (Å²) in [6, 6.07) is 10.6. The Kier molecular flexibility index (Phi) is 8.14. The molecule has 1 fully saturated rings. The van der Waals surface area contributed by atoms with E-state index in [1.54, 1.807) is 31.2 Å². The molecule has 1 aliphatic heterocycles.